The molecular weight excluding hydrogens is 204 g/mol. The second kappa shape index (κ2) is 3.30. The van der Waals surface area contributed by atoms with Crippen LogP contribution in [-0.2, 0) is 0 Å². The van der Waals surface area contributed by atoms with Crippen molar-refractivity contribution in [3.05, 3.63) is 48.5 Å². The van der Waals surface area contributed by atoms with E-state index in [4.69, 9.17) is 0 Å². The Morgan fingerprint density at radius 1 is 1.19 bits per heavy atom. The van der Waals surface area contributed by atoms with Gasteiger partial charge in [0.25, 0.3) is 0 Å². The minimum atomic E-state index is 0.499. The Morgan fingerprint density at radius 2 is 2.12 bits per heavy atom. The zero-order chi connectivity index (χ0) is 11.0. The van der Waals surface area contributed by atoms with Crippen LogP contribution in [0, 0.1) is 0 Å². The van der Waals surface area contributed by atoms with Crippen molar-refractivity contribution in [2.45, 2.75) is 0 Å². The van der Waals surface area contributed by atoms with Crippen LogP contribution in [0.5, 0.6) is 0 Å². The predicted molar refractivity (Wildman–Crippen MR) is 57.7 cm³/mol. The lowest BCUT2D eigenvalue weighted by atomic mass is 10.4. The highest BCUT2D eigenvalue weighted by molar-refractivity contribution is 5.79. The van der Waals surface area contributed by atoms with E-state index in [1.54, 1.807) is 33.7 Å². The summed E-state index contributed by atoms with van der Waals surface area (Å²) in [5.74, 6) is 0.547. The lowest BCUT2D eigenvalue weighted by Gasteiger charge is -1.96. The number of aldehydes is 1. The molecule has 0 amide bonds. The van der Waals surface area contributed by atoms with Crippen molar-refractivity contribution in [2.24, 2.45) is 0 Å². The molecule has 78 valence electrons. The van der Waals surface area contributed by atoms with Crippen LogP contribution < -0.4 is 0 Å². The van der Waals surface area contributed by atoms with Gasteiger partial charge in [-0.05, 0) is 18.2 Å². The zero-order valence-corrected chi connectivity index (χ0v) is 8.32. The fourth-order valence-corrected chi connectivity index (χ4v) is 1.67. The highest BCUT2D eigenvalue weighted by atomic mass is 16.1. The Bertz CT molecular complexity index is 639. The van der Waals surface area contributed by atoms with E-state index in [1.807, 2.05) is 18.2 Å². The van der Waals surface area contributed by atoms with Gasteiger partial charge in [-0.15, -0.1) is 0 Å². The van der Waals surface area contributed by atoms with Gasteiger partial charge in [-0.1, -0.05) is 6.07 Å². The molecule has 0 radical (unpaired) electrons. The summed E-state index contributed by atoms with van der Waals surface area (Å²) in [7, 11) is 0. The predicted octanol–water partition coefficient (Wildman–Crippen LogP) is 1.33. The highest BCUT2D eigenvalue weighted by Crippen LogP contribution is 2.13. The summed E-state index contributed by atoms with van der Waals surface area (Å²) in [4.78, 5) is 15.5. The number of pyridine rings is 1. The van der Waals surface area contributed by atoms with Gasteiger partial charge in [-0.2, -0.15) is 5.10 Å². The third kappa shape index (κ3) is 1.15. The molecule has 0 saturated carbocycles. The molecule has 0 fully saturated rings. The number of rotatable bonds is 2. The molecule has 3 aromatic heterocycles. The molecule has 0 aliphatic heterocycles. The van der Waals surface area contributed by atoms with Gasteiger partial charge >= 0.3 is 0 Å². The van der Waals surface area contributed by atoms with E-state index in [0.29, 0.717) is 11.5 Å². The maximum absolute atomic E-state index is 11.1. The minimum Gasteiger partial charge on any atom is -0.296 e. The van der Waals surface area contributed by atoms with Crippen LogP contribution in [0.1, 0.15) is 10.5 Å². The van der Waals surface area contributed by atoms with Crippen LogP contribution in [0.3, 0.4) is 0 Å². The second-order valence-electron chi connectivity index (χ2n) is 3.32. The van der Waals surface area contributed by atoms with Gasteiger partial charge in [-0.3, -0.25) is 9.20 Å². The van der Waals surface area contributed by atoms with E-state index in [9.17, 15) is 4.79 Å². The van der Waals surface area contributed by atoms with Gasteiger partial charge < -0.3 is 0 Å². The minimum absolute atomic E-state index is 0.499. The summed E-state index contributed by atoms with van der Waals surface area (Å²) in [6.07, 6.45) is 6.00. The normalized spacial score (nSPS) is 10.8. The van der Waals surface area contributed by atoms with Crippen molar-refractivity contribution in [3.63, 3.8) is 0 Å². The van der Waals surface area contributed by atoms with E-state index in [-0.39, 0.29) is 0 Å². The molecule has 0 saturated heterocycles. The number of nitrogens with zero attached hydrogens (tertiary/aromatic N) is 4. The zero-order valence-electron chi connectivity index (χ0n) is 8.32. The van der Waals surface area contributed by atoms with Crippen molar-refractivity contribution >= 4 is 11.9 Å². The number of carbonyl (C=O) groups is 1. The van der Waals surface area contributed by atoms with Crippen LogP contribution in [0.4, 0.5) is 0 Å². The quantitative estimate of drug-likeness (QED) is 0.602. The van der Waals surface area contributed by atoms with E-state index in [0.717, 1.165) is 11.9 Å². The summed E-state index contributed by atoms with van der Waals surface area (Å²) in [5.41, 5.74) is 1.23. The van der Waals surface area contributed by atoms with E-state index in [2.05, 4.69) is 10.1 Å². The maximum atomic E-state index is 11.1. The van der Waals surface area contributed by atoms with E-state index >= 15 is 0 Å². The van der Waals surface area contributed by atoms with Crippen molar-refractivity contribution in [1.82, 2.24) is 19.2 Å². The molecule has 0 N–H and O–H groups in total. The second-order valence-corrected chi connectivity index (χ2v) is 3.32. The van der Waals surface area contributed by atoms with Gasteiger partial charge in [0.2, 0.25) is 0 Å². The molecule has 0 aliphatic rings. The molecule has 16 heavy (non-hydrogen) atoms. The third-order valence-electron chi connectivity index (χ3n) is 2.38. The molecule has 5 nitrogen and oxygen atoms in total. The van der Waals surface area contributed by atoms with Gasteiger partial charge in [-0.25, -0.2) is 9.67 Å². The lowest BCUT2D eigenvalue weighted by molar-refractivity contribution is 0.111. The summed E-state index contributed by atoms with van der Waals surface area (Å²) >= 11 is 0. The first-order chi connectivity index (χ1) is 7.90. The number of hydrogen-bond acceptors (Lipinski definition) is 3. The smallest absolute Gasteiger partial charge is 0.183 e. The van der Waals surface area contributed by atoms with Gasteiger partial charge in [0.05, 0.1) is 0 Å². The maximum Gasteiger partial charge on any atom is 0.183 e. The number of hydrogen-bond donors (Lipinski definition) is 0. The molecule has 5 heteroatoms. The van der Waals surface area contributed by atoms with Crippen molar-refractivity contribution < 1.29 is 4.79 Å². The fraction of sp³-hybridized carbons (Fsp3) is 0. The highest BCUT2D eigenvalue weighted by Gasteiger charge is 2.12. The molecule has 3 rings (SSSR count). The molecule has 0 atom stereocenters. The standard InChI is InChI=1S/C11H8N4O/c16-8-9-11(15-7-3-5-12-15)13-10-4-1-2-6-14(9)10/h1-8H. The molecule has 0 spiro atoms. The molecule has 0 aliphatic carbocycles. The molecule has 0 aromatic carbocycles. The van der Waals surface area contributed by atoms with Crippen molar-refractivity contribution in [1.29, 1.82) is 0 Å². The Kier molecular flexibility index (Phi) is 1.83. The summed E-state index contributed by atoms with van der Waals surface area (Å²) in [6, 6.07) is 7.37. The number of fused-ring (bicyclic) bond motifs is 1. The van der Waals surface area contributed by atoms with Crippen molar-refractivity contribution in [2.75, 3.05) is 0 Å². The van der Waals surface area contributed by atoms with Crippen LogP contribution in [0.15, 0.2) is 42.9 Å². The van der Waals surface area contributed by atoms with Crippen molar-refractivity contribution in [3.8, 4) is 5.82 Å². The number of imidazole rings is 1. The average Bonchev–Trinajstić information content (AvgIpc) is 2.95. The molecule has 0 bridgehead atoms. The van der Waals surface area contributed by atoms with Gasteiger partial charge in [0, 0.05) is 18.6 Å². The van der Waals surface area contributed by atoms with Gasteiger partial charge in [0.15, 0.2) is 12.1 Å². The van der Waals surface area contributed by atoms with E-state index in [1.165, 1.54) is 0 Å². The first kappa shape index (κ1) is 8.84. The molecule has 3 aromatic rings. The lowest BCUT2D eigenvalue weighted by Crippen LogP contribution is -2.00. The SMILES string of the molecule is O=Cc1c(-n2cccn2)nc2ccccn12. The summed E-state index contributed by atoms with van der Waals surface area (Å²) in [5, 5.41) is 4.07. The fourth-order valence-electron chi connectivity index (χ4n) is 1.67. The van der Waals surface area contributed by atoms with Crippen LogP contribution >= 0.6 is 0 Å². The monoisotopic (exact) mass is 212 g/mol. The Balaban J connectivity index is 2.37. The van der Waals surface area contributed by atoms with Crippen LogP contribution in [-0.4, -0.2) is 25.5 Å². The Hall–Kier alpha value is -2.43. The van der Waals surface area contributed by atoms with E-state index < -0.39 is 0 Å². The largest absolute Gasteiger partial charge is 0.296 e. The first-order valence-electron chi connectivity index (χ1n) is 4.82. The molecule has 3 heterocycles. The molecular formula is C11H8N4O. The summed E-state index contributed by atoms with van der Waals surface area (Å²) in [6.45, 7) is 0. The van der Waals surface area contributed by atoms with Crippen LogP contribution in [0.25, 0.3) is 11.5 Å². The Labute approximate surface area is 91.0 Å². The number of carbonyl (C=O) groups excluding carboxylic acids is 1. The molecule has 0 unspecified atom stereocenters. The third-order valence-corrected chi connectivity index (χ3v) is 2.38. The average molecular weight is 212 g/mol. The van der Waals surface area contributed by atoms with Gasteiger partial charge in [0.1, 0.15) is 11.3 Å². The number of aromatic nitrogens is 4. The topological polar surface area (TPSA) is 52.2 Å². The Morgan fingerprint density at radius 3 is 2.88 bits per heavy atom. The summed E-state index contributed by atoms with van der Waals surface area (Å²) < 4.78 is 3.32. The first-order valence-corrected chi connectivity index (χ1v) is 4.82. The van der Waals surface area contributed by atoms with Crippen LogP contribution in [0.2, 0.25) is 0 Å².